The first-order valence-electron chi connectivity index (χ1n) is 6.81. The molecular weight excluding hydrogens is 280 g/mol. The van der Waals surface area contributed by atoms with Gasteiger partial charge in [0.2, 0.25) is 0 Å². The monoisotopic (exact) mass is 298 g/mol. The van der Waals surface area contributed by atoms with Crippen LogP contribution in [0.1, 0.15) is 28.4 Å². The third-order valence-electron chi connectivity index (χ3n) is 3.30. The summed E-state index contributed by atoms with van der Waals surface area (Å²) in [6.07, 6.45) is 0. The zero-order valence-electron chi connectivity index (χ0n) is 12.2. The van der Waals surface area contributed by atoms with Gasteiger partial charge in [0.25, 0.3) is 5.91 Å². The summed E-state index contributed by atoms with van der Waals surface area (Å²) in [6, 6.07) is 15.0. The van der Waals surface area contributed by atoms with Crippen molar-refractivity contribution in [3.05, 3.63) is 65.2 Å². The molecule has 0 atom stereocenters. The second-order valence-corrected chi connectivity index (χ2v) is 5.27. The van der Waals surface area contributed by atoms with E-state index < -0.39 is 0 Å². The Morgan fingerprint density at radius 2 is 1.76 bits per heavy atom. The lowest BCUT2D eigenvalue weighted by atomic mass is 10.1. The summed E-state index contributed by atoms with van der Waals surface area (Å²) in [5, 5.41) is 0. The molecule has 108 valence electrons. The zero-order chi connectivity index (χ0) is 15.4. The van der Waals surface area contributed by atoms with Crippen LogP contribution < -0.4 is 10.6 Å². The Labute approximate surface area is 130 Å². The number of hydrogen-bond acceptors (Lipinski definition) is 2. The smallest absolute Gasteiger partial charge is 0.258 e. The Bertz CT molecular complexity index is 665. The Hall–Kier alpha value is -2.20. The van der Waals surface area contributed by atoms with Crippen LogP contribution >= 0.6 is 12.2 Å². The Kier molecular flexibility index (Phi) is 4.70. The molecule has 0 heterocycles. The number of amides is 1. The molecule has 2 N–H and O–H groups in total. The van der Waals surface area contributed by atoms with Crippen molar-refractivity contribution in [1.29, 1.82) is 0 Å². The number of carbonyl (C=O) groups is 1. The van der Waals surface area contributed by atoms with Crippen molar-refractivity contribution >= 4 is 28.8 Å². The van der Waals surface area contributed by atoms with E-state index in [1.807, 2.05) is 38.1 Å². The van der Waals surface area contributed by atoms with Crippen molar-refractivity contribution in [1.82, 2.24) is 0 Å². The summed E-state index contributed by atoms with van der Waals surface area (Å²) < 4.78 is 0. The first-order valence-corrected chi connectivity index (χ1v) is 7.22. The lowest BCUT2D eigenvalue weighted by molar-refractivity contribution is 0.0988. The standard InChI is InChI=1S/C17H18N2OS/c1-3-19(15-9-7-12(2)8-10-15)17(20)14-6-4-5-13(11-14)16(18)21/h4-11H,3H2,1-2H3,(H2,18,21). The van der Waals surface area contributed by atoms with Crippen LogP contribution in [-0.4, -0.2) is 17.4 Å². The number of aryl methyl sites for hydroxylation is 1. The van der Waals surface area contributed by atoms with E-state index in [1.54, 1.807) is 29.2 Å². The van der Waals surface area contributed by atoms with Gasteiger partial charge in [-0.3, -0.25) is 4.79 Å². The van der Waals surface area contributed by atoms with Crippen LogP contribution in [0, 0.1) is 6.92 Å². The minimum atomic E-state index is -0.0561. The molecule has 0 unspecified atom stereocenters. The maximum atomic E-state index is 12.7. The van der Waals surface area contributed by atoms with Crippen molar-refractivity contribution in [3.8, 4) is 0 Å². The maximum absolute atomic E-state index is 12.7. The second-order valence-electron chi connectivity index (χ2n) is 4.83. The highest BCUT2D eigenvalue weighted by atomic mass is 32.1. The van der Waals surface area contributed by atoms with Crippen LogP contribution in [0.4, 0.5) is 5.69 Å². The van der Waals surface area contributed by atoms with E-state index in [0.29, 0.717) is 22.7 Å². The van der Waals surface area contributed by atoms with Gasteiger partial charge < -0.3 is 10.6 Å². The number of benzene rings is 2. The number of rotatable bonds is 4. The summed E-state index contributed by atoms with van der Waals surface area (Å²) in [4.78, 5) is 14.7. The third kappa shape index (κ3) is 3.47. The number of hydrogen-bond donors (Lipinski definition) is 1. The average molecular weight is 298 g/mol. The summed E-state index contributed by atoms with van der Waals surface area (Å²) in [5.74, 6) is -0.0561. The van der Waals surface area contributed by atoms with Crippen molar-refractivity contribution in [2.45, 2.75) is 13.8 Å². The first kappa shape index (κ1) is 15.2. The Morgan fingerprint density at radius 3 is 2.33 bits per heavy atom. The van der Waals surface area contributed by atoms with Crippen LogP contribution in [0.25, 0.3) is 0 Å². The molecule has 2 rings (SSSR count). The van der Waals surface area contributed by atoms with Crippen molar-refractivity contribution in [2.75, 3.05) is 11.4 Å². The third-order valence-corrected chi connectivity index (χ3v) is 3.54. The molecule has 2 aromatic carbocycles. The Morgan fingerprint density at radius 1 is 1.14 bits per heavy atom. The quantitative estimate of drug-likeness (QED) is 0.881. The first-order chi connectivity index (χ1) is 10.0. The van der Waals surface area contributed by atoms with Gasteiger partial charge >= 0.3 is 0 Å². The van der Waals surface area contributed by atoms with E-state index in [4.69, 9.17) is 18.0 Å². The summed E-state index contributed by atoms with van der Waals surface area (Å²) in [7, 11) is 0. The molecule has 21 heavy (non-hydrogen) atoms. The normalized spacial score (nSPS) is 10.2. The van der Waals surface area contributed by atoms with Gasteiger partial charge in [0, 0.05) is 23.4 Å². The van der Waals surface area contributed by atoms with Gasteiger partial charge in [-0.05, 0) is 38.1 Å². The predicted molar refractivity (Wildman–Crippen MR) is 90.9 cm³/mol. The SMILES string of the molecule is CCN(C(=O)c1cccc(C(N)=S)c1)c1ccc(C)cc1. The highest BCUT2D eigenvalue weighted by Crippen LogP contribution is 2.18. The topological polar surface area (TPSA) is 46.3 Å². The van der Waals surface area contributed by atoms with Gasteiger partial charge in [-0.2, -0.15) is 0 Å². The van der Waals surface area contributed by atoms with Crippen LogP contribution in [0.15, 0.2) is 48.5 Å². The molecule has 0 aliphatic heterocycles. The second kappa shape index (κ2) is 6.50. The fourth-order valence-electron chi connectivity index (χ4n) is 2.13. The van der Waals surface area contributed by atoms with Crippen LogP contribution in [-0.2, 0) is 0 Å². The van der Waals surface area contributed by atoms with Gasteiger partial charge in [-0.25, -0.2) is 0 Å². The van der Waals surface area contributed by atoms with E-state index in [2.05, 4.69) is 0 Å². The minimum absolute atomic E-state index is 0.0561. The molecule has 1 amide bonds. The number of nitrogens with zero attached hydrogens (tertiary/aromatic N) is 1. The van der Waals surface area contributed by atoms with Crippen molar-refractivity contribution < 1.29 is 4.79 Å². The van der Waals surface area contributed by atoms with Crippen LogP contribution in [0.3, 0.4) is 0 Å². The van der Waals surface area contributed by atoms with Crippen molar-refractivity contribution in [3.63, 3.8) is 0 Å². The number of thiocarbonyl (C=S) groups is 1. The van der Waals surface area contributed by atoms with E-state index >= 15 is 0 Å². The molecule has 0 aliphatic rings. The minimum Gasteiger partial charge on any atom is -0.389 e. The van der Waals surface area contributed by atoms with Crippen LogP contribution in [0.5, 0.6) is 0 Å². The fourth-order valence-corrected chi connectivity index (χ4v) is 2.26. The Balaban J connectivity index is 2.34. The van der Waals surface area contributed by atoms with E-state index in [0.717, 1.165) is 11.3 Å². The van der Waals surface area contributed by atoms with E-state index in [-0.39, 0.29) is 5.91 Å². The predicted octanol–water partition coefficient (Wildman–Crippen LogP) is 3.30. The molecule has 0 radical (unpaired) electrons. The van der Waals surface area contributed by atoms with Gasteiger partial charge in [0.15, 0.2) is 0 Å². The van der Waals surface area contributed by atoms with Gasteiger partial charge in [-0.1, -0.05) is 42.0 Å². The van der Waals surface area contributed by atoms with Gasteiger partial charge in [0.05, 0.1) is 0 Å². The van der Waals surface area contributed by atoms with E-state index in [9.17, 15) is 4.79 Å². The number of anilines is 1. The molecule has 0 aromatic heterocycles. The molecule has 0 saturated heterocycles. The fraction of sp³-hybridized carbons (Fsp3) is 0.176. The molecule has 4 heteroatoms. The lowest BCUT2D eigenvalue weighted by Gasteiger charge is -2.21. The number of nitrogens with two attached hydrogens (primary N) is 1. The summed E-state index contributed by atoms with van der Waals surface area (Å²) >= 11 is 4.96. The summed E-state index contributed by atoms with van der Waals surface area (Å²) in [5.41, 5.74) is 8.96. The zero-order valence-corrected chi connectivity index (χ0v) is 13.0. The largest absolute Gasteiger partial charge is 0.389 e. The lowest BCUT2D eigenvalue weighted by Crippen LogP contribution is -2.30. The van der Waals surface area contributed by atoms with Gasteiger partial charge in [-0.15, -0.1) is 0 Å². The molecule has 0 spiro atoms. The van der Waals surface area contributed by atoms with E-state index in [1.165, 1.54) is 0 Å². The molecule has 3 nitrogen and oxygen atoms in total. The molecule has 2 aromatic rings. The maximum Gasteiger partial charge on any atom is 0.258 e. The molecular formula is C17H18N2OS. The van der Waals surface area contributed by atoms with Crippen LogP contribution in [0.2, 0.25) is 0 Å². The molecule has 0 saturated carbocycles. The van der Waals surface area contributed by atoms with Gasteiger partial charge in [0.1, 0.15) is 4.99 Å². The average Bonchev–Trinajstić information content (AvgIpc) is 2.50. The molecule has 0 bridgehead atoms. The number of carbonyl (C=O) groups excluding carboxylic acids is 1. The molecule has 0 fully saturated rings. The molecule has 0 aliphatic carbocycles. The highest BCUT2D eigenvalue weighted by molar-refractivity contribution is 7.80. The van der Waals surface area contributed by atoms with Crippen molar-refractivity contribution in [2.24, 2.45) is 5.73 Å². The summed E-state index contributed by atoms with van der Waals surface area (Å²) in [6.45, 7) is 4.57. The highest BCUT2D eigenvalue weighted by Gasteiger charge is 2.16.